The zero-order chi connectivity index (χ0) is 29.7. The molecule has 0 radical (unpaired) electrons. The molecule has 0 heterocycles. The summed E-state index contributed by atoms with van der Waals surface area (Å²) in [6, 6.07) is 57.8. The van der Waals surface area contributed by atoms with Crippen LogP contribution in [0.5, 0.6) is 0 Å². The lowest BCUT2D eigenvalue weighted by atomic mass is 9.86. The molecule has 0 aromatic heterocycles. The fourth-order valence-electron chi connectivity index (χ4n) is 7.46. The number of benzene rings is 9. The van der Waals surface area contributed by atoms with Gasteiger partial charge in [-0.2, -0.15) is 0 Å². The highest BCUT2D eigenvalue weighted by atomic mass is 14.2. The van der Waals surface area contributed by atoms with Crippen molar-refractivity contribution in [2.24, 2.45) is 0 Å². The molecule has 9 aromatic rings. The van der Waals surface area contributed by atoms with Crippen molar-refractivity contribution in [2.45, 2.75) is 6.42 Å². The summed E-state index contributed by atoms with van der Waals surface area (Å²) in [7, 11) is 0. The maximum Gasteiger partial charge on any atom is -0.00143 e. The standard InChI is InChI=1S/C45H30/c1-2-15-32(16-3-1)44-41-23-11-10-21-37(41)38(42-28-26-31-14-4-5-17-33(31)45(42)44)24-12-13-30-25-27-40-36-20-7-6-18-34(36)35-19-8-9-22-39(35)43(40)29-30/h1-12,14-29H,13H2/b24-12+. The van der Waals surface area contributed by atoms with Gasteiger partial charge in [-0.3, -0.25) is 0 Å². The first-order valence-electron chi connectivity index (χ1n) is 15.8. The van der Waals surface area contributed by atoms with E-state index >= 15 is 0 Å². The lowest BCUT2D eigenvalue weighted by Gasteiger charge is -2.17. The summed E-state index contributed by atoms with van der Waals surface area (Å²) >= 11 is 0. The van der Waals surface area contributed by atoms with Crippen molar-refractivity contribution in [3.63, 3.8) is 0 Å². The maximum absolute atomic E-state index is 2.40. The van der Waals surface area contributed by atoms with Gasteiger partial charge in [0.2, 0.25) is 0 Å². The molecule has 0 aliphatic heterocycles. The Morgan fingerprint density at radius 1 is 0.378 bits per heavy atom. The fourth-order valence-corrected chi connectivity index (χ4v) is 7.46. The first-order chi connectivity index (χ1) is 22.3. The predicted molar refractivity (Wildman–Crippen MR) is 196 cm³/mol. The average Bonchev–Trinajstić information content (AvgIpc) is 3.11. The number of rotatable bonds is 4. The molecule has 0 nitrogen and oxygen atoms in total. The van der Waals surface area contributed by atoms with E-state index in [9.17, 15) is 0 Å². The number of fused-ring (bicyclic) bond motifs is 10. The quantitative estimate of drug-likeness (QED) is 0.146. The van der Waals surface area contributed by atoms with E-state index in [1.165, 1.54) is 86.9 Å². The molecule has 210 valence electrons. The van der Waals surface area contributed by atoms with Crippen molar-refractivity contribution in [3.05, 3.63) is 175 Å². The van der Waals surface area contributed by atoms with Crippen LogP contribution in [-0.4, -0.2) is 0 Å². The highest BCUT2D eigenvalue weighted by Crippen LogP contribution is 2.43. The third kappa shape index (κ3) is 4.14. The number of hydrogen-bond acceptors (Lipinski definition) is 0. The molecule has 0 bridgehead atoms. The molecule has 0 aliphatic rings. The van der Waals surface area contributed by atoms with Crippen LogP contribution in [-0.2, 0) is 6.42 Å². The monoisotopic (exact) mass is 570 g/mol. The largest absolute Gasteiger partial charge is 0.0795 e. The number of allylic oxidation sites excluding steroid dienone is 1. The van der Waals surface area contributed by atoms with E-state index in [-0.39, 0.29) is 0 Å². The smallest absolute Gasteiger partial charge is 0.00143 e. The van der Waals surface area contributed by atoms with Crippen molar-refractivity contribution < 1.29 is 0 Å². The predicted octanol–water partition coefficient (Wildman–Crippen LogP) is 12.5. The highest BCUT2D eigenvalue weighted by Gasteiger charge is 2.16. The van der Waals surface area contributed by atoms with Crippen LogP contribution in [0.2, 0.25) is 0 Å². The van der Waals surface area contributed by atoms with Gasteiger partial charge in [-0.15, -0.1) is 0 Å². The number of hydrogen-bond donors (Lipinski definition) is 0. The molecule has 9 rings (SSSR count). The van der Waals surface area contributed by atoms with Crippen molar-refractivity contribution in [3.8, 4) is 11.1 Å². The van der Waals surface area contributed by atoms with Gasteiger partial charge in [0.05, 0.1) is 0 Å². The van der Waals surface area contributed by atoms with Gasteiger partial charge in [-0.05, 0) is 93.3 Å². The van der Waals surface area contributed by atoms with Crippen LogP contribution >= 0.6 is 0 Å². The third-order valence-electron chi connectivity index (χ3n) is 9.46. The summed E-state index contributed by atoms with van der Waals surface area (Å²) in [6.45, 7) is 0. The van der Waals surface area contributed by atoms with Crippen molar-refractivity contribution in [1.29, 1.82) is 0 Å². The molecule has 0 heteroatoms. The normalized spacial score (nSPS) is 12.0. The summed E-state index contributed by atoms with van der Waals surface area (Å²) < 4.78 is 0. The molecule has 0 saturated heterocycles. The Morgan fingerprint density at radius 2 is 0.911 bits per heavy atom. The van der Waals surface area contributed by atoms with Gasteiger partial charge in [0.25, 0.3) is 0 Å². The molecule has 0 aliphatic carbocycles. The van der Waals surface area contributed by atoms with Gasteiger partial charge in [0.15, 0.2) is 0 Å². The van der Waals surface area contributed by atoms with Crippen molar-refractivity contribution in [2.75, 3.05) is 0 Å². The van der Waals surface area contributed by atoms with E-state index in [2.05, 4.69) is 170 Å². The van der Waals surface area contributed by atoms with Crippen molar-refractivity contribution >= 4 is 70.7 Å². The fraction of sp³-hybridized carbons (Fsp3) is 0.0222. The van der Waals surface area contributed by atoms with E-state index < -0.39 is 0 Å². The average molecular weight is 571 g/mol. The second kappa shape index (κ2) is 10.5. The molecule has 0 unspecified atom stereocenters. The van der Waals surface area contributed by atoms with Crippen LogP contribution in [0.1, 0.15) is 11.1 Å². The molecule has 0 N–H and O–H groups in total. The van der Waals surface area contributed by atoms with Gasteiger partial charge in [-0.25, -0.2) is 0 Å². The Balaban J connectivity index is 1.23. The Morgan fingerprint density at radius 3 is 1.62 bits per heavy atom. The zero-order valence-corrected chi connectivity index (χ0v) is 24.9. The first-order valence-corrected chi connectivity index (χ1v) is 15.8. The lowest BCUT2D eigenvalue weighted by Crippen LogP contribution is -1.91. The zero-order valence-electron chi connectivity index (χ0n) is 24.9. The summed E-state index contributed by atoms with van der Waals surface area (Å²) in [6.07, 6.45) is 5.57. The van der Waals surface area contributed by atoms with E-state index in [4.69, 9.17) is 0 Å². The van der Waals surface area contributed by atoms with Gasteiger partial charge in [-0.1, -0.05) is 170 Å². The first kappa shape index (κ1) is 25.7. The molecular weight excluding hydrogens is 540 g/mol. The summed E-state index contributed by atoms with van der Waals surface area (Å²) in [5, 5.41) is 15.7. The Kier molecular flexibility index (Phi) is 5.99. The van der Waals surface area contributed by atoms with Crippen LogP contribution in [0.4, 0.5) is 0 Å². The molecular formula is C45H30. The van der Waals surface area contributed by atoms with Crippen LogP contribution in [0.25, 0.3) is 81.8 Å². The highest BCUT2D eigenvalue weighted by molar-refractivity contribution is 6.26. The minimum Gasteiger partial charge on any atom is -0.0795 e. The SMILES string of the molecule is C(=C\c1c2ccccc2c(-c2ccccc2)c2c1ccc1ccccc12)/Cc1ccc2c3ccccc3c3ccccc3c2c1. The van der Waals surface area contributed by atoms with Gasteiger partial charge in [0, 0.05) is 0 Å². The molecule has 45 heavy (non-hydrogen) atoms. The Labute approximate surface area is 262 Å². The molecule has 0 saturated carbocycles. The summed E-state index contributed by atoms with van der Waals surface area (Å²) in [5.74, 6) is 0. The van der Waals surface area contributed by atoms with Crippen LogP contribution in [0, 0.1) is 0 Å². The molecule has 0 spiro atoms. The van der Waals surface area contributed by atoms with Gasteiger partial charge in [0.1, 0.15) is 0 Å². The Hall–Kier alpha value is -5.72. The molecule has 0 fully saturated rings. The molecule has 9 aromatic carbocycles. The molecule has 0 amide bonds. The van der Waals surface area contributed by atoms with E-state index in [1.807, 2.05) is 0 Å². The maximum atomic E-state index is 2.40. The summed E-state index contributed by atoms with van der Waals surface area (Å²) in [4.78, 5) is 0. The lowest BCUT2D eigenvalue weighted by molar-refractivity contribution is 1.29. The van der Waals surface area contributed by atoms with E-state index in [1.54, 1.807) is 0 Å². The topological polar surface area (TPSA) is 0 Å². The van der Waals surface area contributed by atoms with Crippen LogP contribution in [0.3, 0.4) is 0 Å². The van der Waals surface area contributed by atoms with Crippen LogP contribution < -0.4 is 0 Å². The minimum atomic E-state index is 0.862. The van der Waals surface area contributed by atoms with Crippen molar-refractivity contribution in [1.82, 2.24) is 0 Å². The Bertz CT molecular complexity index is 2570. The molecule has 0 atom stereocenters. The van der Waals surface area contributed by atoms with Crippen LogP contribution in [0.15, 0.2) is 164 Å². The van der Waals surface area contributed by atoms with Gasteiger partial charge < -0.3 is 0 Å². The second-order valence-corrected chi connectivity index (χ2v) is 12.0. The summed E-state index contributed by atoms with van der Waals surface area (Å²) in [5.41, 5.74) is 5.16. The van der Waals surface area contributed by atoms with E-state index in [0.717, 1.165) is 6.42 Å². The van der Waals surface area contributed by atoms with E-state index in [0.29, 0.717) is 0 Å². The third-order valence-corrected chi connectivity index (χ3v) is 9.46. The second-order valence-electron chi connectivity index (χ2n) is 12.0. The minimum absolute atomic E-state index is 0.862. The van der Waals surface area contributed by atoms with Gasteiger partial charge >= 0.3 is 0 Å².